The number of nitrogens with one attached hydrogen (secondary N) is 1. The van der Waals surface area contributed by atoms with E-state index in [0.29, 0.717) is 0 Å². The first kappa shape index (κ1) is 10.1. The van der Waals surface area contributed by atoms with Crippen molar-refractivity contribution < 1.29 is 14.7 Å². The Labute approximate surface area is 65.6 Å². The zero-order valence-electron chi connectivity index (χ0n) is 6.97. The Morgan fingerprint density at radius 1 is 1.36 bits per heavy atom. The molecule has 0 spiro atoms. The van der Waals surface area contributed by atoms with Crippen LogP contribution in [0.25, 0.3) is 0 Å². The molecule has 0 atom stereocenters. The van der Waals surface area contributed by atoms with Gasteiger partial charge in [0.1, 0.15) is 6.61 Å². The van der Waals surface area contributed by atoms with Crippen molar-refractivity contribution >= 4 is 11.8 Å². The molecule has 0 fully saturated rings. The van der Waals surface area contributed by atoms with Crippen LogP contribution in [-0.4, -0.2) is 23.5 Å². The van der Waals surface area contributed by atoms with E-state index in [0.717, 1.165) is 0 Å². The van der Waals surface area contributed by atoms with Crippen molar-refractivity contribution in [2.75, 3.05) is 6.61 Å². The second-order valence-corrected chi connectivity index (χ2v) is 3.29. The average Bonchev–Trinajstić information content (AvgIpc) is 1.85. The Hall–Kier alpha value is -0.900. The fraction of sp³-hybridized carbons (Fsp3) is 0.714. The molecule has 2 N–H and O–H groups in total. The van der Waals surface area contributed by atoms with Gasteiger partial charge >= 0.3 is 0 Å². The molecule has 0 rings (SSSR count). The summed E-state index contributed by atoms with van der Waals surface area (Å²) in [4.78, 5) is 21.5. The minimum atomic E-state index is -0.662. The van der Waals surface area contributed by atoms with Gasteiger partial charge in [-0.3, -0.25) is 14.9 Å². The Kier molecular flexibility index (Phi) is 3.19. The quantitative estimate of drug-likeness (QED) is 0.550. The number of rotatable bonds is 1. The van der Waals surface area contributed by atoms with Crippen LogP contribution in [0.5, 0.6) is 0 Å². The van der Waals surface area contributed by atoms with E-state index in [2.05, 4.69) is 0 Å². The van der Waals surface area contributed by atoms with E-state index in [1.807, 2.05) is 5.32 Å². The minimum Gasteiger partial charge on any atom is -0.387 e. The second kappa shape index (κ2) is 3.48. The van der Waals surface area contributed by atoms with Gasteiger partial charge in [-0.1, -0.05) is 20.8 Å². The number of carbonyl (C=O) groups is 2. The van der Waals surface area contributed by atoms with Gasteiger partial charge in [0.05, 0.1) is 0 Å². The number of hydrogen-bond acceptors (Lipinski definition) is 3. The summed E-state index contributed by atoms with van der Waals surface area (Å²) in [5.74, 6) is -1.04. The number of hydrogen-bond donors (Lipinski definition) is 2. The van der Waals surface area contributed by atoms with Crippen LogP contribution in [0, 0.1) is 5.41 Å². The van der Waals surface area contributed by atoms with Crippen molar-refractivity contribution in [1.82, 2.24) is 5.32 Å². The Balaban J connectivity index is 3.99. The van der Waals surface area contributed by atoms with Crippen LogP contribution in [0.1, 0.15) is 20.8 Å². The molecule has 0 aromatic heterocycles. The summed E-state index contributed by atoms with van der Waals surface area (Å²) >= 11 is 0. The summed E-state index contributed by atoms with van der Waals surface area (Å²) in [5.41, 5.74) is -0.592. The molecular formula is C7H13NO3. The number of amides is 2. The van der Waals surface area contributed by atoms with E-state index in [9.17, 15) is 9.59 Å². The van der Waals surface area contributed by atoms with Crippen molar-refractivity contribution in [2.45, 2.75) is 20.8 Å². The second-order valence-electron chi connectivity index (χ2n) is 3.29. The third-order valence-corrected chi connectivity index (χ3v) is 1.08. The number of aliphatic hydroxyl groups excluding tert-OH is 1. The van der Waals surface area contributed by atoms with Gasteiger partial charge in [0.15, 0.2) is 0 Å². The third-order valence-electron chi connectivity index (χ3n) is 1.08. The summed E-state index contributed by atoms with van der Waals surface area (Å²) < 4.78 is 0. The van der Waals surface area contributed by atoms with Crippen LogP contribution in [0.15, 0.2) is 0 Å². The van der Waals surface area contributed by atoms with E-state index in [-0.39, 0.29) is 5.91 Å². The lowest BCUT2D eigenvalue weighted by Gasteiger charge is -2.15. The lowest BCUT2D eigenvalue weighted by molar-refractivity contribution is -0.136. The monoisotopic (exact) mass is 159 g/mol. The first-order valence-corrected chi connectivity index (χ1v) is 3.33. The predicted molar refractivity (Wildman–Crippen MR) is 39.7 cm³/mol. The summed E-state index contributed by atoms with van der Waals surface area (Å²) in [7, 11) is 0. The van der Waals surface area contributed by atoms with Crippen molar-refractivity contribution in [3.8, 4) is 0 Å². The summed E-state index contributed by atoms with van der Waals surface area (Å²) in [6, 6.07) is 0. The number of carbonyl (C=O) groups excluding carboxylic acids is 2. The molecule has 0 saturated carbocycles. The molecule has 0 radical (unpaired) electrons. The van der Waals surface area contributed by atoms with Crippen LogP contribution in [-0.2, 0) is 9.59 Å². The van der Waals surface area contributed by atoms with Crippen LogP contribution in [0.3, 0.4) is 0 Å². The summed E-state index contributed by atoms with van der Waals surface area (Å²) in [5, 5.41) is 10.3. The average molecular weight is 159 g/mol. The maximum Gasteiger partial charge on any atom is 0.252 e. The number of imide groups is 1. The molecular weight excluding hydrogens is 146 g/mol. The Morgan fingerprint density at radius 2 is 1.82 bits per heavy atom. The minimum absolute atomic E-state index is 0.378. The first-order chi connectivity index (χ1) is 4.88. The molecule has 0 saturated heterocycles. The molecule has 4 heteroatoms. The smallest absolute Gasteiger partial charge is 0.252 e. The summed E-state index contributed by atoms with van der Waals surface area (Å²) in [6.07, 6.45) is 0. The van der Waals surface area contributed by atoms with Gasteiger partial charge < -0.3 is 5.11 Å². The molecule has 0 bridgehead atoms. The lowest BCUT2D eigenvalue weighted by Crippen LogP contribution is -2.40. The molecule has 0 aliphatic heterocycles. The van der Waals surface area contributed by atoms with Crippen molar-refractivity contribution in [3.05, 3.63) is 0 Å². The molecule has 0 aliphatic rings. The van der Waals surface area contributed by atoms with Crippen LogP contribution in [0.2, 0.25) is 0 Å². The third kappa shape index (κ3) is 3.72. The Morgan fingerprint density at radius 3 is 2.09 bits per heavy atom. The van der Waals surface area contributed by atoms with Gasteiger partial charge in [-0.15, -0.1) is 0 Å². The standard InChI is InChI=1S/C7H13NO3/c1-7(2,3)6(11)8-5(10)4-9/h9H,4H2,1-3H3,(H,8,10,11). The molecule has 0 heterocycles. The zero-order chi connectivity index (χ0) is 9.07. The van der Waals surface area contributed by atoms with Crippen molar-refractivity contribution in [1.29, 1.82) is 0 Å². The topological polar surface area (TPSA) is 66.4 Å². The highest BCUT2D eigenvalue weighted by molar-refractivity contribution is 5.97. The molecule has 0 aromatic carbocycles. The molecule has 0 unspecified atom stereocenters. The summed E-state index contributed by atoms with van der Waals surface area (Å²) in [6.45, 7) is 4.41. The van der Waals surface area contributed by atoms with E-state index < -0.39 is 17.9 Å². The molecule has 11 heavy (non-hydrogen) atoms. The van der Waals surface area contributed by atoms with Gasteiger partial charge in [0.2, 0.25) is 5.91 Å². The fourth-order valence-corrected chi connectivity index (χ4v) is 0.354. The maximum absolute atomic E-state index is 11.0. The van der Waals surface area contributed by atoms with Crippen LogP contribution >= 0.6 is 0 Å². The molecule has 0 aliphatic carbocycles. The molecule has 4 nitrogen and oxygen atoms in total. The van der Waals surface area contributed by atoms with Gasteiger partial charge in [-0.05, 0) is 0 Å². The largest absolute Gasteiger partial charge is 0.387 e. The van der Waals surface area contributed by atoms with Gasteiger partial charge in [0.25, 0.3) is 5.91 Å². The highest BCUT2D eigenvalue weighted by atomic mass is 16.3. The van der Waals surface area contributed by atoms with E-state index >= 15 is 0 Å². The van der Waals surface area contributed by atoms with E-state index in [4.69, 9.17) is 5.11 Å². The van der Waals surface area contributed by atoms with E-state index in [1.165, 1.54) is 0 Å². The number of aliphatic hydroxyl groups is 1. The highest BCUT2D eigenvalue weighted by Crippen LogP contribution is 2.11. The SMILES string of the molecule is CC(C)(C)C(=O)NC(=O)CO. The molecule has 2 amide bonds. The first-order valence-electron chi connectivity index (χ1n) is 3.33. The maximum atomic E-state index is 11.0. The van der Waals surface area contributed by atoms with Crippen LogP contribution in [0.4, 0.5) is 0 Å². The van der Waals surface area contributed by atoms with Crippen molar-refractivity contribution in [2.24, 2.45) is 5.41 Å². The van der Waals surface area contributed by atoms with Gasteiger partial charge in [-0.25, -0.2) is 0 Å². The van der Waals surface area contributed by atoms with Gasteiger partial charge in [-0.2, -0.15) is 0 Å². The van der Waals surface area contributed by atoms with Crippen molar-refractivity contribution in [3.63, 3.8) is 0 Å². The molecule has 0 aromatic rings. The lowest BCUT2D eigenvalue weighted by atomic mass is 9.96. The Bertz CT molecular complexity index is 169. The predicted octanol–water partition coefficient (Wildman–Crippen LogP) is -0.332. The van der Waals surface area contributed by atoms with Gasteiger partial charge in [0, 0.05) is 5.41 Å². The zero-order valence-corrected chi connectivity index (χ0v) is 6.97. The highest BCUT2D eigenvalue weighted by Gasteiger charge is 2.22. The van der Waals surface area contributed by atoms with Crippen LogP contribution < -0.4 is 5.32 Å². The fourth-order valence-electron chi connectivity index (χ4n) is 0.354. The molecule has 64 valence electrons. The van der Waals surface area contributed by atoms with E-state index in [1.54, 1.807) is 20.8 Å². The normalized spacial score (nSPS) is 10.9.